The average Bonchev–Trinajstić information content (AvgIpc) is 3.10. The molecule has 11 heteroatoms. The lowest BCUT2D eigenvalue weighted by Gasteiger charge is -2.35. The molecule has 0 aliphatic heterocycles. The summed E-state index contributed by atoms with van der Waals surface area (Å²) in [6.45, 7) is 6.62. The topological polar surface area (TPSA) is 96.0 Å². The van der Waals surface area contributed by atoms with Gasteiger partial charge in [-0.15, -0.1) is 0 Å². The lowest BCUT2D eigenvalue weighted by atomic mass is 10.0. The Morgan fingerprint density at radius 1 is 0.750 bits per heavy atom. The zero-order chi connectivity index (χ0) is 37.5. The Balaban J connectivity index is 1.59. The summed E-state index contributed by atoms with van der Waals surface area (Å²) in [4.78, 5) is 30.3. The van der Waals surface area contributed by atoms with Crippen LogP contribution >= 0.6 is 23.2 Å². The molecule has 0 fully saturated rings. The summed E-state index contributed by atoms with van der Waals surface area (Å²) in [5.41, 5.74) is 1.70. The Hall–Kier alpha value is -4.83. The largest absolute Gasteiger partial charge is 0.457 e. The number of carbonyl (C=O) groups is 2. The molecule has 5 rings (SSSR count). The molecule has 0 spiro atoms. The molecule has 5 aromatic carbocycles. The summed E-state index contributed by atoms with van der Waals surface area (Å²) in [6.07, 6.45) is 0.146. The van der Waals surface area contributed by atoms with Crippen LogP contribution in [0.5, 0.6) is 11.5 Å². The molecule has 2 amide bonds. The molecule has 52 heavy (non-hydrogen) atoms. The number of hydrogen-bond donors (Lipinski definition) is 1. The highest BCUT2D eigenvalue weighted by molar-refractivity contribution is 7.92. The Morgan fingerprint density at radius 2 is 1.31 bits per heavy atom. The first-order valence-corrected chi connectivity index (χ1v) is 18.9. The maximum Gasteiger partial charge on any atom is 0.264 e. The molecule has 0 heterocycles. The molecular weight excluding hydrogens is 717 g/mol. The maximum atomic E-state index is 14.8. The molecular formula is C41H41Cl2N3O5S. The Bertz CT molecular complexity index is 2070. The summed E-state index contributed by atoms with van der Waals surface area (Å²) < 4.78 is 35.9. The number of hydrogen-bond acceptors (Lipinski definition) is 5. The van der Waals surface area contributed by atoms with Gasteiger partial charge in [-0.1, -0.05) is 95.5 Å². The number of nitrogens with zero attached hydrogens (tertiary/aromatic N) is 2. The maximum absolute atomic E-state index is 14.8. The van der Waals surface area contributed by atoms with Crippen LogP contribution in [0.25, 0.3) is 0 Å². The standard InChI is InChI=1S/C41H41Cl2N3O5S/c1-29-18-24-34(25-19-29)52(49,50)46(31-20-22-33(23-21-31)51-32-14-9-6-10-15-32)28-39(47)45(27-35-36(42)16-11-17-37(35)43)38(40(48)44-41(2,3)4)26-30-12-7-5-8-13-30/h5-25,38H,26-28H2,1-4H3,(H,44,48)/t38-/m0/s1. The van der Waals surface area contributed by atoms with Gasteiger partial charge in [0.15, 0.2) is 0 Å². The molecule has 0 radical (unpaired) electrons. The van der Waals surface area contributed by atoms with Gasteiger partial charge >= 0.3 is 0 Å². The summed E-state index contributed by atoms with van der Waals surface area (Å²) in [5.74, 6) is 0.0386. The predicted molar refractivity (Wildman–Crippen MR) is 208 cm³/mol. The van der Waals surface area contributed by atoms with Gasteiger partial charge in [0.25, 0.3) is 10.0 Å². The van der Waals surface area contributed by atoms with Crippen molar-refractivity contribution in [2.45, 2.75) is 57.1 Å². The SMILES string of the molecule is Cc1ccc(S(=O)(=O)N(CC(=O)N(Cc2c(Cl)cccc2Cl)[C@@H](Cc2ccccc2)C(=O)NC(C)(C)C)c2ccc(Oc3ccccc3)cc2)cc1. The van der Waals surface area contributed by atoms with Crippen LogP contribution in [0.2, 0.25) is 10.0 Å². The second-order valence-corrected chi connectivity index (χ2v) is 16.1. The van der Waals surface area contributed by atoms with Gasteiger partial charge in [-0.2, -0.15) is 0 Å². The van der Waals surface area contributed by atoms with Gasteiger partial charge in [0.2, 0.25) is 11.8 Å². The van der Waals surface area contributed by atoms with Crippen molar-refractivity contribution < 1.29 is 22.7 Å². The van der Waals surface area contributed by atoms with Crippen LogP contribution in [-0.4, -0.2) is 43.3 Å². The number of benzene rings is 5. The summed E-state index contributed by atoms with van der Waals surface area (Å²) in [5, 5.41) is 3.63. The van der Waals surface area contributed by atoms with Crippen molar-refractivity contribution in [3.05, 3.63) is 154 Å². The Kier molecular flexibility index (Phi) is 12.3. The van der Waals surface area contributed by atoms with Crippen molar-refractivity contribution in [2.24, 2.45) is 0 Å². The zero-order valence-electron chi connectivity index (χ0n) is 29.4. The summed E-state index contributed by atoms with van der Waals surface area (Å²) in [6, 6.07) is 35.3. The van der Waals surface area contributed by atoms with E-state index in [4.69, 9.17) is 27.9 Å². The highest BCUT2D eigenvalue weighted by atomic mass is 35.5. The van der Waals surface area contributed by atoms with E-state index in [0.717, 1.165) is 15.4 Å². The number of sulfonamides is 1. The first-order chi connectivity index (χ1) is 24.7. The molecule has 0 saturated heterocycles. The number of halogens is 2. The average molecular weight is 759 g/mol. The van der Waals surface area contributed by atoms with E-state index in [0.29, 0.717) is 27.1 Å². The highest BCUT2D eigenvalue weighted by Gasteiger charge is 2.36. The van der Waals surface area contributed by atoms with Crippen molar-refractivity contribution in [3.63, 3.8) is 0 Å². The lowest BCUT2D eigenvalue weighted by molar-refractivity contribution is -0.140. The van der Waals surface area contributed by atoms with E-state index in [9.17, 15) is 18.0 Å². The number of rotatable bonds is 13. The summed E-state index contributed by atoms with van der Waals surface area (Å²) >= 11 is 13.3. The van der Waals surface area contributed by atoms with Crippen LogP contribution < -0.4 is 14.4 Å². The number of aryl methyl sites for hydroxylation is 1. The minimum absolute atomic E-state index is 0.00233. The lowest BCUT2D eigenvalue weighted by Crippen LogP contribution is -2.56. The molecule has 1 atom stereocenters. The van der Waals surface area contributed by atoms with Crippen molar-refractivity contribution in [1.82, 2.24) is 10.2 Å². The van der Waals surface area contributed by atoms with Crippen molar-refractivity contribution in [2.75, 3.05) is 10.8 Å². The molecule has 0 aliphatic rings. The van der Waals surface area contributed by atoms with Crippen LogP contribution in [0, 0.1) is 6.92 Å². The van der Waals surface area contributed by atoms with Crippen molar-refractivity contribution >= 4 is 50.7 Å². The Morgan fingerprint density at radius 3 is 1.88 bits per heavy atom. The molecule has 0 bridgehead atoms. The van der Waals surface area contributed by atoms with Crippen LogP contribution in [0.15, 0.2) is 132 Å². The number of ether oxygens (including phenoxy) is 1. The van der Waals surface area contributed by atoms with Crippen LogP contribution in [-0.2, 0) is 32.6 Å². The minimum Gasteiger partial charge on any atom is -0.457 e. The molecule has 8 nitrogen and oxygen atoms in total. The predicted octanol–water partition coefficient (Wildman–Crippen LogP) is 8.84. The van der Waals surface area contributed by atoms with Gasteiger partial charge in [0, 0.05) is 34.1 Å². The van der Waals surface area contributed by atoms with Gasteiger partial charge in [-0.25, -0.2) is 8.42 Å². The van der Waals surface area contributed by atoms with E-state index in [1.54, 1.807) is 54.6 Å². The van der Waals surface area contributed by atoms with E-state index in [1.165, 1.54) is 17.0 Å². The number of amides is 2. The van der Waals surface area contributed by atoms with Crippen molar-refractivity contribution in [1.29, 1.82) is 0 Å². The van der Waals surface area contributed by atoms with E-state index in [-0.39, 0.29) is 23.5 Å². The monoisotopic (exact) mass is 757 g/mol. The minimum atomic E-state index is -4.30. The fourth-order valence-electron chi connectivity index (χ4n) is 5.53. The van der Waals surface area contributed by atoms with Crippen LogP contribution in [0.4, 0.5) is 5.69 Å². The van der Waals surface area contributed by atoms with Gasteiger partial charge in [-0.05, 0) is 93.9 Å². The van der Waals surface area contributed by atoms with Gasteiger partial charge in [0.05, 0.1) is 10.6 Å². The molecule has 1 N–H and O–H groups in total. The van der Waals surface area contributed by atoms with Crippen LogP contribution in [0.1, 0.15) is 37.5 Å². The normalized spacial score (nSPS) is 12.1. The van der Waals surface area contributed by atoms with Crippen molar-refractivity contribution in [3.8, 4) is 11.5 Å². The molecule has 0 saturated carbocycles. The van der Waals surface area contributed by atoms with Gasteiger partial charge in [-0.3, -0.25) is 13.9 Å². The van der Waals surface area contributed by atoms with E-state index >= 15 is 0 Å². The van der Waals surface area contributed by atoms with Gasteiger partial charge in [0.1, 0.15) is 24.1 Å². The quantitative estimate of drug-likeness (QED) is 0.130. The number of nitrogens with one attached hydrogen (secondary N) is 1. The first kappa shape index (κ1) is 38.4. The zero-order valence-corrected chi connectivity index (χ0v) is 31.8. The Labute approximate surface area is 316 Å². The fourth-order valence-corrected chi connectivity index (χ4v) is 7.46. The number of carbonyl (C=O) groups excluding carboxylic acids is 2. The highest BCUT2D eigenvalue weighted by Crippen LogP contribution is 2.31. The molecule has 270 valence electrons. The molecule has 0 aliphatic carbocycles. The van der Waals surface area contributed by atoms with Crippen LogP contribution in [0.3, 0.4) is 0 Å². The van der Waals surface area contributed by atoms with Gasteiger partial charge < -0.3 is 15.0 Å². The third-order valence-electron chi connectivity index (χ3n) is 8.15. The first-order valence-electron chi connectivity index (χ1n) is 16.7. The van der Waals surface area contributed by atoms with E-state index in [1.807, 2.05) is 88.4 Å². The number of anilines is 1. The second-order valence-electron chi connectivity index (χ2n) is 13.4. The molecule has 5 aromatic rings. The third kappa shape index (κ3) is 9.94. The number of para-hydroxylation sites is 1. The van der Waals surface area contributed by atoms with E-state index < -0.39 is 40.0 Å². The smallest absolute Gasteiger partial charge is 0.264 e. The third-order valence-corrected chi connectivity index (χ3v) is 10.6. The molecule has 0 aromatic heterocycles. The second kappa shape index (κ2) is 16.7. The molecule has 0 unspecified atom stereocenters. The van der Waals surface area contributed by atoms with E-state index in [2.05, 4.69) is 5.32 Å². The summed E-state index contributed by atoms with van der Waals surface area (Å²) in [7, 11) is -4.30. The fraction of sp³-hybridized carbons (Fsp3) is 0.220.